The number of benzene rings is 7. The SMILES string of the molecule is C=CCOc1c(Oc2ccccc2)cc(C=Cc2ccc(C=Cc3cc(Oc4ccccc4)c(OCC=C)c(Oc4ccccc4)c3)c(OC)c2)cc1Oc1ccccc1. The highest BCUT2D eigenvalue weighted by Crippen LogP contribution is 2.45. The molecule has 0 spiro atoms. The van der Waals surface area contributed by atoms with Crippen LogP contribution in [0.25, 0.3) is 24.3 Å². The molecule has 0 heterocycles. The van der Waals surface area contributed by atoms with Crippen molar-refractivity contribution in [1.29, 1.82) is 0 Å². The molecule has 60 heavy (non-hydrogen) atoms. The standard InChI is InChI=1S/C53H44O7/c1-4-32-55-52-48(57-43-18-10-6-11-19-43)35-40(36-49(52)58-44-20-12-7-13-21-44)27-26-39-28-30-42(47(34-39)54-3)31-29-41-37-50(59-45-22-14-8-15-23-45)53(56-33-5-2)51(38-41)60-46-24-16-9-17-25-46/h4-31,34-38H,1-2,32-33H2,3H3. The molecule has 0 amide bonds. The van der Waals surface area contributed by atoms with Gasteiger partial charge in [-0.3, -0.25) is 0 Å². The minimum absolute atomic E-state index is 0.268. The molecular weight excluding hydrogens is 749 g/mol. The third kappa shape index (κ3) is 10.9. The minimum Gasteiger partial charge on any atom is -0.496 e. The van der Waals surface area contributed by atoms with Gasteiger partial charge in [0, 0.05) is 5.56 Å². The van der Waals surface area contributed by atoms with E-state index in [1.165, 1.54) is 0 Å². The molecular formula is C53H44O7. The smallest absolute Gasteiger partial charge is 0.205 e. The van der Waals surface area contributed by atoms with Crippen LogP contribution in [-0.2, 0) is 0 Å². The lowest BCUT2D eigenvalue weighted by Gasteiger charge is -2.17. The second kappa shape index (κ2) is 20.5. The van der Waals surface area contributed by atoms with Crippen molar-refractivity contribution in [2.45, 2.75) is 0 Å². The molecule has 0 aromatic heterocycles. The van der Waals surface area contributed by atoms with E-state index in [1.54, 1.807) is 19.3 Å². The van der Waals surface area contributed by atoms with Crippen molar-refractivity contribution in [3.63, 3.8) is 0 Å². The zero-order valence-corrected chi connectivity index (χ0v) is 33.2. The van der Waals surface area contributed by atoms with E-state index >= 15 is 0 Å². The Labute approximate surface area is 351 Å². The molecule has 0 aliphatic rings. The van der Waals surface area contributed by atoms with Gasteiger partial charge in [0.1, 0.15) is 42.0 Å². The summed E-state index contributed by atoms with van der Waals surface area (Å²) in [6.07, 6.45) is 11.4. The largest absolute Gasteiger partial charge is 0.496 e. The van der Waals surface area contributed by atoms with Gasteiger partial charge in [-0.1, -0.05) is 135 Å². The van der Waals surface area contributed by atoms with E-state index in [4.69, 9.17) is 33.2 Å². The van der Waals surface area contributed by atoms with Gasteiger partial charge in [0.05, 0.1) is 7.11 Å². The molecule has 0 aliphatic heterocycles. The summed E-state index contributed by atoms with van der Waals surface area (Å²) in [5.74, 6) is 6.28. The van der Waals surface area contributed by atoms with E-state index < -0.39 is 0 Å². The van der Waals surface area contributed by atoms with Crippen molar-refractivity contribution in [2.24, 2.45) is 0 Å². The van der Waals surface area contributed by atoms with Crippen molar-refractivity contribution in [3.8, 4) is 63.2 Å². The molecule has 0 saturated carbocycles. The van der Waals surface area contributed by atoms with E-state index in [9.17, 15) is 0 Å². The maximum Gasteiger partial charge on any atom is 0.205 e. The van der Waals surface area contributed by atoms with Crippen LogP contribution in [0.4, 0.5) is 0 Å². The molecule has 7 nitrogen and oxygen atoms in total. The summed E-state index contributed by atoms with van der Waals surface area (Å²) in [4.78, 5) is 0. The number of hydrogen-bond acceptors (Lipinski definition) is 7. The molecule has 7 heteroatoms. The molecule has 0 saturated heterocycles. The molecule has 0 fully saturated rings. The Morgan fingerprint density at radius 3 is 1.07 bits per heavy atom. The molecule has 0 radical (unpaired) electrons. The molecule has 0 N–H and O–H groups in total. The lowest BCUT2D eigenvalue weighted by Crippen LogP contribution is -2.00. The van der Waals surface area contributed by atoms with E-state index in [-0.39, 0.29) is 13.2 Å². The first kappa shape index (κ1) is 40.3. The van der Waals surface area contributed by atoms with Crippen LogP contribution in [0.1, 0.15) is 22.3 Å². The highest BCUT2D eigenvalue weighted by Gasteiger charge is 2.18. The van der Waals surface area contributed by atoms with E-state index in [1.807, 2.05) is 188 Å². The Balaban J connectivity index is 1.20. The van der Waals surface area contributed by atoms with Crippen LogP contribution >= 0.6 is 0 Å². The summed E-state index contributed by atoms with van der Waals surface area (Å²) in [6.45, 7) is 8.20. The van der Waals surface area contributed by atoms with Crippen molar-refractivity contribution in [3.05, 3.63) is 211 Å². The fraction of sp³-hybridized carbons (Fsp3) is 0.0566. The van der Waals surface area contributed by atoms with Crippen molar-refractivity contribution in [2.75, 3.05) is 20.3 Å². The number of methoxy groups -OCH3 is 1. The van der Waals surface area contributed by atoms with Gasteiger partial charge in [-0.05, 0) is 95.6 Å². The molecule has 0 bridgehead atoms. The summed E-state index contributed by atoms with van der Waals surface area (Å²) in [7, 11) is 1.66. The third-order valence-electron chi connectivity index (χ3n) is 8.84. The molecule has 7 aromatic rings. The highest BCUT2D eigenvalue weighted by atomic mass is 16.6. The van der Waals surface area contributed by atoms with Gasteiger partial charge in [-0.2, -0.15) is 0 Å². The van der Waals surface area contributed by atoms with Gasteiger partial charge in [-0.15, -0.1) is 0 Å². The average Bonchev–Trinajstić information content (AvgIpc) is 3.28. The van der Waals surface area contributed by atoms with Gasteiger partial charge in [-0.25, -0.2) is 0 Å². The van der Waals surface area contributed by atoms with Crippen LogP contribution in [0.2, 0.25) is 0 Å². The van der Waals surface area contributed by atoms with Crippen molar-refractivity contribution >= 4 is 24.3 Å². The zero-order valence-electron chi connectivity index (χ0n) is 33.2. The predicted octanol–water partition coefficient (Wildman–Crippen LogP) is 14.3. The molecule has 0 aliphatic carbocycles. The average molecular weight is 793 g/mol. The van der Waals surface area contributed by atoms with Gasteiger partial charge < -0.3 is 33.2 Å². The van der Waals surface area contributed by atoms with Gasteiger partial charge in [0.2, 0.25) is 11.5 Å². The Kier molecular flexibility index (Phi) is 13.8. The second-order valence-corrected chi connectivity index (χ2v) is 13.2. The summed E-state index contributed by atoms with van der Waals surface area (Å²) in [6, 6.07) is 51.9. The van der Waals surface area contributed by atoms with E-state index in [0.29, 0.717) is 63.2 Å². The van der Waals surface area contributed by atoms with Crippen molar-refractivity contribution < 1.29 is 33.2 Å². The zero-order chi connectivity index (χ0) is 41.4. The Bertz CT molecular complexity index is 2420. The van der Waals surface area contributed by atoms with Crippen LogP contribution in [0.5, 0.6) is 63.2 Å². The van der Waals surface area contributed by atoms with Crippen LogP contribution in [0, 0.1) is 0 Å². The van der Waals surface area contributed by atoms with Crippen LogP contribution in [0.3, 0.4) is 0 Å². The quantitative estimate of drug-likeness (QED) is 0.0597. The Morgan fingerprint density at radius 1 is 0.383 bits per heavy atom. The normalized spacial score (nSPS) is 10.9. The minimum atomic E-state index is 0.268. The summed E-state index contributed by atoms with van der Waals surface area (Å²) >= 11 is 0. The van der Waals surface area contributed by atoms with Gasteiger partial charge >= 0.3 is 0 Å². The summed E-state index contributed by atoms with van der Waals surface area (Å²) < 4.78 is 43.6. The number of ether oxygens (including phenoxy) is 7. The maximum atomic E-state index is 6.37. The Hall–Kier alpha value is -7.90. The number of rotatable bonds is 19. The lowest BCUT2D eigenvalue weighted by atomic mass is 10.1. The third-order valence-corrected chi connectivity index (χ3v) is 8.84. The monoisotopic (exact) mass is 792 g/mol. The first-order valence-electron chi connectivity index (χ1n) is 19.4. The van der Waals surface area contributed by atoms with E-state index in [2.05, 4.69) is 13.2 Å². The van der Waals surface area contributed by atoms with Gasteiger partial charge in [0.15, 0.2) is 23.0 Å². The fourth-order valence-corrected chi connectivity index (χ4v) is 6.07. The number of para-hydroxylation sites is 4. The Morgan fingerprint density at radius 2 is 0.717 bits per heavy atom. The summed E-state index contributed by atoms with van der Waals surface area (Å²) in [5, 5.41) is 0. The maximum absolute atomic E-state index is 6.37. The lowest BCUT2D eigenvalue weighted by molar-refractivity contribution is 0.320. The van der Waals surface area contributed by atoms with Crippen LogP contribution < -0.4 is 33.2 Å². The highest BCUT2D eigenvalue weighted by molar-refractivity contribution is 5.78. The second-order valence-electron chi connectivity index (χ2n) is 13.2. The summed E-state index contributed by atoms with van der Waals surface area (Å²) in [5.41, 5.74) is 3.46. The topological polar surface area (TPSA) is 64.6 Å². The molecule has 7 aromatic carbocycles. The van der Waals surface area contributed by atoms with Crippen LogP contribution in [0.15, 0.2) is 189 Å². The molecule has 0 atom stereocenters. The van der Waals surface area contributed by atoms with Crippen LogP contribution in [-0.4, -0.2) is 20.3 Å². The van der Waals surface area contributed by atoms with Crippen molar-refractivity contribution in [1.82, 2.24) is 0 Å². The molecule has 7 rings (SSSR count). The molecule has 0 unspecified atom stereocenters. The first-order valence-corrected chi connectivity index (χ1v) is 19.4. The van der Waals surface area contributed by atoms with E-state index in [0.717, 1.165) is 22.3 Å². The first-order chi connectivity index (χ1) is 29.6. The van der Waals surface area contributed by atoms with Gasteiger partial charge in [0.25, 0.3) is 0 Å². The fourth-order valence-electron chi connectivity index (χ4n) is 6.07. The predicted molar refractivity (Wildman–Crippen MR) is 241 cm³/mol. The number of hydrogen-bond donors (Lipinski definition) is 0. The molecule has 298 valence electrons.